The van der Waals surface area contributed by atoms with E-state index in [2.05, 4.69) is 0 Å². The van der Waals surface area contributed by atoms with Crippen LogP contribution in [-0.2, 0) is 11.3 Å². The molecule has 1 rings (SSSR count). The maximum absolute atomic E-state index is 12.3. The van der Waals surface area contributed by atoms with Crippen LogP contribution in [0, 0.1) is 0 Å². The molecule has 0 aliphatic carbocycles. The Morgan fingerprint density at radius 3 is 2.26 bits per heavy atom. The second-order valence-corrected chi connectivity index (χ2v) is 4.64. The summed E-state index contributed by atoms with van der Waals surface area (Å²) in [5.74, 6) is -1.06. The van der Waals surface area contributed by atoms with Crippen molar-refractivity contribution in [3.8, 4) is 0 Å². The molecule has 0 aliphatic rings. The number of nitrogens with two attached hydrogens (primary N) is 1. The zero-order chi connectivity index (χ0) is 14.4. The minimum atomic E-state index is -0.906. The predicted octanol–water partition coefficient (Wildman–Crippen LogP) is 1.47. The molecule has 0 spiro atoms. The van der Waals surface area contributed by atoms with E-state index in [1.54, 1.807) is 17.0 Å². The lowest BCUT2D eigenvalue weighted by Crippen LogP contribution is -2.38. The lowest BCUT2D eigenvalue weighted by atomic mass is 10.1. The number of hydrogen-bond acceptors (Lipinski definition) is 3. The molecule has 0 aromatic heterocycles. The van der Waals surface area contributed by atoms with E-state index in [1.165, 1.54) is 0 Å². The van der Waals surface area contributed by atoms with E-state index in [9.17, 15) is 9.59 Å². The smallest absolute Gasteiger partial charge is 0.305 e. The average Bonchev–Trinajstić information content (AvgIpc) is 2.38. The molecule has 3 N–H and O–H groups in total. The van der Waals surface area contributed by atoms with Gasteiger partial charge in [-0.2, -0.15) is 0 Å². The van der Waals surface area contributed by atoms with Crippen LogP contribution in [-0.4, -0.2) is 34.5 Å². The Labute approximate surface area is 113 Å². The molecule has 0 saturated carbocycles. The largest absolute Gasteiger partial charge is 0.481 e. The number of carbonyl (C=O) groups is 2. The Kier molecular flexibility index (Phi) is 5.51. The average molecular weight is 264 g/mol. The fraction of sp³-hybridized carbons (Fsp3) is 0.429. The first-order valence-corrected chi connectivity index (χ1v) is 6.27. The topological polar surface area (TPSA) is 83.6 Å². The van der Waals surface area contributed by atoms with Crippen molar-refractivity contribution in [3.05, 3.63) is 35.4 Å². The summed E-state index contributed by atoms with van der Waals surface area (Å²) in [7, 11) is 0. The molecule has 0 fully saturated rings. The molecular weight excluding hydrogens is 244 g/mol. The van der Waals surface area contributed by atoms with Gasteiger partial charge in [0.15, 0.2) is 0 Å². The fourth-order valence-corrected chi connectivity index (χ4v) is 1.76. The van der Waals surface area contributed by atoms with E-state index in [0.717, 1.165) is 5.56 Å². The number of carboxylic acid groups (broad SMARTS) is 1. The van der Waals surface area contributed by atoms with Gasteiger partial charge >= 0.3 is 5.97 Å². The minimum Gasteiger partial charge on any atom is -0.481 e. The summed E-state index contributed by atoms with van der Waals surface area (Å²) in [4.78, 5) is 24.5. The normalized spacial score (nSPS) is 10.5. The second kappa shape index (κ2) is 6.89. The number of nitrogens with zero attached hydrogens (tertiary/aromatic N) is 1. The number of benzene rings is 1. The van der Waals surface area contributed by atoms with Crippen molar-refractivity contribution in [1.29, 1.82) is 0 Å². The number of carboxylic acids is 1. The third kappa shape index (κ3) is 4.37. The van der Waals surface area contributed by atoms with Gasteiger partial charge in [0.05, 0.1) is 6.42 Å². The van der Waals surface area contributed by atoms with Crippen LogP contribution in [0.3, 0.4) is 0 Å². The molecule has 1 aromatic carbocycles. The van der Waals surface area contributed by atoms with Crippen molar-refractivity contribution in [2.45, 2.75) is 32.9 Å². The molecule has 0 heterocycles. The number of amides is 1. The van der Waals surface area contributed by atoms with Gasteiger partial charge in [0.1, 0.15) is 0 Å². The summed E-state index contributed by atoms with van der Waals surface area (Å²) in [6, 6.07) is 7.02. The Bertz CT molecular complexity index is 441. The highest BCUT2D eigenvalue weighted by Crippen LogP contribution is 2.11. The molecule has 5 nitrogen and oxygen atoms in total. The molecule has 0 aliphatic heterocycles. The summed E-state index contributed by atoms with van der Waals surface area (Å²) in [6.07, 6.45) is -0.0508. The van der Waals surface area contributed by atoms with Crippen molar-refractivity contribution in [3.63, 3.8) is 0 Å². The molecule has 0 bridgehead atoms. The van der Waals surface area contributed by atoms with Gasteiger partial charge in [-0.25, -0.2) is 0 Å². The highest BCUT2D eigenvalue weighted by atomic mass is 16.4. The van der Waals surface area contributed by atoms with Gasteiger partial charge in [-0.1, -0.05) is 12.1 Å². The van der Waals surface area contributed by atoms with Crippen molar-refractivity contribution >= 4 is 11.9 Å². The van der Waals surface area contributed by atoms with E-state index in [4.69, 9.17) is 10.8 Å². The number of aliphatic carboxylic acids is 1. The second-order valence-electron chi connectivity index (χ2n) is 4.64. The zero-order valence-electron chi connectivity index (χ0n) is 11.3. The van der Waals surface area contributed by atoms with Crippen molar-refractivity contribution < 1.29 is 14.7 Å². The van der Waals surface area contributed by atoms with Crippen LogP contribution in [0.1, 0.15) is 36.2 Å². The maximum Gasteiger partial charge on any atom is 0.305 e. The van der Waals surface area contributed by atoms with E-state index >= 15 is 0 Å². The lowest BCUT2D eigenvalue weighted by Gasteiger charge is -2.26. The van der Waals surface area contributed by atoms with Gasteiger partial charge < -0.3 is 15.7 Å². The molecule has 0 unspecified atom stereocenters. The molecule has 5 heteroatoms. The SMILES string of the molecule is CC(C)N(CCC(=O)O)C(=O)c1ccc(CN)cc1. The van der Waals surface area contributed by atoms with Crippen LogP contribution in [0.25, 0.3) is 0 Å². The summed E-state index contributed by atoms with van der Waals surface area (Å²) in [6.45, 7) is 4.38. The van der Waals surface area contributed by atoms with Crippen molar-refractivity contribution in [2.75, 3.05) is 6.54 Å². The van der Waals surface area contributed by atoms with Gasteiger partial charge in [0.2, 0.25) is 0 Å². The first-order chi connectivity index (χ1) is 8.95. The van der Waals surface area contributed by atoms with Crippen LogP contribution >= 0.6 is 0 Å². The Morgan fingerprint density at radius 2 is 1.84 bits per heavy atom. The lowest BCUT2D eigenvalue weighted by molar-refractivity contribution is -0.137. The van der Waals surface area contributed by atoms with E-state index in [0.29, 0.717) is 12.1 Å². The Hall–Kier alpha value is -1.88. The van der Waals surface area contributed by atoms with Crippen LogP contribution in [0.4, 0.5) is 0 Å². The molecule has 0 radical (unpaired) electrons. The Balaban J connectivity index is 2.82. The molecule has 0 saturated heterocycles. The zero-order valence-corrected chi connectivity index (χ0v) is 11.3. The summed E-state index contributed by atoms with van der Waals surface area (Å²) in [5.41, 5.74) is 7.01. The van der Waals surface area contributed by atoms with Gasteiger partial charge in [0.25, 0.3) is 5.91 Å². The predicted molar refractivity (Wildman–Crippen MR) is 72.8 cm³/mol. The first kappa shape index (κ1) is 15.2. The highest BCUT2D eigenvalue weighted by molar-refractivity contribution is 5.94. The standard InChI is InChI=1S/C14H20N2O3/c1-10(2)16(8-7-13(17)18)14(19)12-5-3-11(9-15)4-6-12/h3-6,10H,7-9,15H2,1-2H3,(H,17,18). The van der Waals surface area contributed by atoms with Crippen LogP contribution in [0.2, 0.25) is 0 Å². The maximum atomic E-state index is 12.3. The van der Waals surface area contributed by atoms with E-state index in [1.807, 2.05) is 26.0 Å². The van der Waals surface area contributed by atoms with Crippen molar-refractivity contribution in [1.82, 2.24) is 4.90 Å². The Morgan fingerprint density at radius 1 is 1.26 bits per heavy atom. The molecule has 1 aromatic rings. The third-order valence-corrected chi connectivity index (χ3v) is 2.89. The van der Waals surface area contributed by atoms with E-state index in [-0.39, 0.29) is 24.9 Å². The van der Waals surface area contributed by atoms with Crippen LogP contribution < -0.4 is 5.73 Å². The summed E-state index contributed by atoms with van der Waals surface area (Å²) in [5, 5.41) is 8.71. The number of rotatable bonds is 6. The van der Waals surface area contributed by atoms with Gasteiger partial charge in [-0.05, 0) is 31.5 Å². The monoisotopic (exact) mass is 264 g/mol. The third-order valence-electron chi connectivity index (χ3n) is 2.89. The molecular formula is C14H20N2O3. The van der Waals surface area contributed by atoms with Gasteiger partial charge in [-0.3, -0.25) is 9.59 Å². The van der Waals surface area contributed by atoms with E-state index < -0.39 is 5.97 Å². The van der Waals surface area contributed by atoms with Crippen molar-refractivity contribution in [2.24, 2.45) is 5.73 Å². The molecule has 0 atom stereocenters. The quantitative estimate of drug-likeness (QED) is 0.815. The molecule has 1 amide bonds. The van der Waals surface area contributed by atoms with Crippen LogP contribution in [0.15, 0.2) is 24.3 Å². The van der Waals surface area contributed by atoms with Crippen LogP contribution in [0.5, 0.6) is 0 Å². The molecule has 19 heavy (non-hydrogen) atoms. The fourth-order valence-electron chi connectivity index (χ4n) is 1.76. The summed E-state index contributed by atoms with van der Waals surface area (Å²) < 4.78 is 0. The highest BCUT2D eigenvalue weighted by Gasteiger charge is 2.19. The molecule has 104 valence electrons. The minimum absolute atomic E-state index is 0.0407. The first-order valence-electron chi connectivity index (χ1n) is 6.27. The number of carbonyl (C=O) groups excluding carboxylic acids is 1. The number of hydrogen-bond donors (Lipinski definition) is 2. The summed E-state index contributed by atoms with van der Waals surface area (Å²) >= 11 is 0. The van der Waals surface area contributed by atoms with Gasteiger partial charge in [0, 0.05) is 24.7 Å². The van der Waals surface area contributed by atoms with Gasteiger partial charge in [-0.15, -0.1) is 0 Å².